The molecule has 0 saturated heterocycles. The number of carbonyl (C=O) groups excluding carboxylic acids is 1. The van der Waals surface area contributed by atoms with Crippen molar-refractivity contribution in [2.24, 2.45) is 0 Å². The summed E-state index contributed by atoms with van der Waals surface area (Å²) in [7, 11) is 0. The number of pyridine rings is 1. The number of benzene rings is 1. The van der Waals surface area contributed by atoms with Crippen LogP contribution in [0.25, 0.3) is 0 Å². The Kier molecular flexibility index (Phi) is 3.42. The zero-order valence-corrected chi connectivity index (χ0v) is 9.83. The molecule has 1 heterocycles. The third-order valence-electron chi connectivity index (χ3n) is 2.49. The summed E-state index contributed by atoms with van der Waals surface area (Å²) in [5.41, 5.74) is 6.77. The molecule has 0 fully saturated rings. The van der Waals surface area contributed by atoms with Gasteiger partial charge in [-0.15, -0.1) is 0 Å². The molecule has 96 valence electrons. The number of nitrogens with zero attached hydrogens (tertiary/aromatic N) is 1. The largest absolute Gasteiger partial charge is 0.478 e. The maximum absolute atomic E-state index is 11.9. The molecular weight excluding hydrogens is 246 g/mol. The molecule has 0 aliphatic heterocycles. The lowest BCUT2D eigenvalue weighted by atomic mass is 10.1. The van der Waals surface area contributed by atoms with Crippen molar-refractivity contribution in [1.82, 2.24) is 4.98 Å². The topological polar surface area (TPSA) is 105 Å². The minimum absolute atomic E-state index is 0.0689. The molecule has 0 saturated carbocycles. The molecule has 2 rings (SSSR count). The maximum Gasteiger partial charge on any atom is 0.335 e. The Hall–Kier alpha value is -2.89. The van der Waals surface area contributed by atoms with Crippen molar-refractivity contribution in [3.05, 3.63) is 53.9 Å². The monoisotopic (exact) mass is 257 g/mol. The highest BCUT2D eigenvalue weighted by atomic mass is 16.4. The summed E-state index contributed by atoms with van der Waals surface area (Å²) in [6.07, 6.45) is 3.01. The molecule has 1 aromatic carbocycles. The number of nitrogens with one attached hydrogen (secondary N) is 1. The first-order chi connectivity index (χ1) is 9.08. The Labute approximate surface area is 108 Å². The highest BCUT2D eigenvalue weighted by Crippen LogP contribution is 2.20. The summed E-state index contributed by atoms with van der Waals surface area (Å²) in [6.45, 7) is 0. The van der Waals surface area contributed by atoms with E-state index in [2.05, 4.69) is 10.3 Å². The van der Waals surface area contributed by atoms with Crippen LogP contribution in [-0.4, -0.2) is 22.0 Å². The molecule has 19 heavy (non-hydrogen) atoms. The number of carboxylic acids is 1. The van der Waals surface area contributed by atoms with Crippen LogP contribution in [0.15, 0.2) is 42.7 Å². The summed E-state index contributed by atoms with van der Waals surface area (Å²) >= 11 is 0. The number of anilines is 2. The van der Waals surface area contributed by atoms with E-state index in [0.29, 0.717) is 11.3 Å². The number of nitrogen functional groups attached to an aromatic ring is 1. The SMILES string of the molecule is Nc1cc(C(=O)O)ccc1NC(=O)c1ccncc1. The summed E-state index contributed by atoms with van der Waals surface area (Å²) in [4.78, 5) is 26.4. The number of amides is 1. The second-order valence-electron chi connectivity index (χ2n) is 3.80. The van der Waals surface area contributed by atoms with E-state index in [0.717, 1.165) is 0 Å². The smallest absolute Gasteiger partial charge is 0.335 e. The van der Waals surface area contributed by atoms with Crippen molar-refractivity contribution >= 4 is 23.3 Å². The van der Waals surface area contributed by atoms with E-state index in [1.54, 1.807) is 12.1 Å². The van der Waals surface area contributed by atoms with Gasteiger partial charge in [0.05, 0.1) is 16.9 Å². The van der Waals surface area contributed by atoms with Crippen LogP contribution >= 0.6 is 0 Å². The van der Waals surface area contributed by atoms with E-state index in [1.165, 1.54) is 30.6 Å². The quantitative estimate of drug-likeness (QED) is 0.724. The zero-order valence-electron chi connectivity index (χ0n) is 9.83. The molecule has 0 aliphatic carbocycles. The molecule has 0 bridgehead atoms. The third-order valence-corrected chi connectivity index (χ3v) is 2.49. The lowest BCUT2D eigenvalue weighted by Gasteiger charge is -2.08. The van der Waals surface area contributed by atoms with Crippen LogP contribution in [0.5, 0.6) is 0 Å². The summed E-state index contributed by atoms with van der Waals surface area (Å²) in [6, 6.07) is 7.26. The molecule has 1 aromatic heterocycles. The average Bonchev–Trinajstić information content (AvgIpc) is 2.41. The number of rotatable bonds is 3. The predicted molar refractivity (Wildman–Crippen MR) is 70.0 cm³/mol. The second kappa shape index (κ2) is 5.18. The first-order valence-corrected chi connectivity index (χ1v) is 5.42. The van der Waals surface area contributed by atoms with E-state index < -0.39 is 5.97 Å². The van der Waals surface area contributed by atoms with Gasteiger partial charge in [0.25, 0.3) is 5.91 Å². The molecule has 0 unspecified atom stereocenters. The molecule has 6 nitrogen and oxygen atoms in total. The van der Waals surface area contributed by atoms with Crippen LogP contribution in [0.3, 0.4) is 0 Å². The molecule has 0 radical (unpaired) electrons. The van der Waals surface area contributed by atoms with Crippen LogP contribution in [0.1, 0.15) is 20.7 Å². The van der Waals surface area contributed by atoms with Gasteiger partial charge in [-0.2, -0.15) is 0 Å². The van der Waals surface area contributed by atoms with Gasteiger partial charge in [-0.1, -0.05) is 0 Å². The fourth-order valence-electron chi connectivity index (χ4n) is 1.51. The van der Waals surface area contributed by atoms with Gasteiger partial charge in [0, 0.05) is 18.0 Å². The van der Waals surface area contributed by atoms with Gasteiger partial charge in [0.1, 0.15) is 0 Å². The minimum Gasteiger partial charge on any atom is -0.478 e. The van der Waals surface area contributed by atoms with Crippen LogP contribution in [0.2, 0.25) is 0 Å². The van der Waals surface area contributed by atoms with E-state index in [-0.39, 0.29) is 17.2 Å². The highest BCUT2D eigenvalue weighted by Gasteiger charge is 2.10. The normalized spacial score (nSPS) is 9.89. The Bertz CT molecular complexity index is 626. The first kappa shape index (κ1) is 12.6. The molecule has 2 aromatic rings. The molecular formula is C13H11N3O3. The molecule has 1 amide bonds. The first-order valence-electron chi connectivity index (χ1n) is 5.42. The average molecular weight is 257 g/mol. The molecule has 4 N–H and O–H groups in total. The van der Waals surface area contributed by atoms with E-state index in [9.17, 15) is 9.59 Å². The number of aromatic carboxylic acids is 1. The Balaban J connectivity index is 2.20. The van der Waals surface area contributed by atoms with Crippen LogP contribution in [0.4, 0.5) is 11.4 Å². The Morgan fingerprint density at radius 1 is 1.11 bits per heavy atom. The molecule has 0 aliphatic rings. The van der Waals surface area contributed by atoms with Gasteiger partial charge in [0.2, 0.25) is 0 Å². The van der Waals surface area contributed by atoms with E-state index in [1.807, 2.05) is 0 Å². The Morgan fingerprint density at radius 2 is 1.79 bits per heavy atom. The van der Waals surface area contributed by atoms with Gasteiger partial charge in [-0.3, -0.25) is 9.78 Å². The van der Waals surface area contributed by atoms with Crippen molar-refractivity contribution in [3.63, 3.8) is 0 Å². The van der Waals surface area contributed by atoms with Gasteiger partial charge < -0.3 is 16.2 Å². The van der Waals surface area contributed by atoms with Crippen molar-refractivity contribution in [3.8, 4) is 0 Å². The number of hydrogen-bond acceptors (Lipinski definition) is 4. The van der Waals surface area contributed by atoms with Crippen molar-refractivity contribution in [2.45, 2.75) is 0 Å². The number of aromatic nitrogens is 1. The van der Waals surface area contributed by atoms with Crippen molar-refractivity contribution in [2.75, 3.05) is 11.1 Å². The molecule has 0 spiro atoms. The predicted octanol–water partition coefficient (Wildman–Crippen LogP) is 1.61. The van der Waals surface area contributed by atoms with Gasteiger partial charge in [0.15, 0.2) is 0 Å². The van der Waals surface area contributed by atoms with Crippen molar-refractivity contribution in [1.29, 1.82) is 0 Å². The molecule has 6 heteroatoms. The number of carbonyl (C=O) groups is 2. The fourth-order valence-corrected chi connectivity index (χ4v) is 1.51. The molecule has 0 atom stereocenters. The zero-order chi connectivity index (χ0) is 13.8. The lowest BCUT2D eigenvalue weighted by molar-refractivity contribution is 0.0697. The summed E-state index contributed by atoms with van der Waals surface area (Å²) in [5.74, 6) is -1.41. The number of hydrogen-bond donors (Lipinski definition) is 3. The van der Waals surface area contributed by atoms with Gasteiger partial charge in [-0.25, -0.2) is 4.79 Å². The van der Waals surface area contributed by atoms with Gasteiger partial charge in [-0.05, 0) is 30.3 Å². The fraction of sp³-hybridized carbons (Fsp3) is 0. The van der Waals surface area contributed by atoms with Crippen LogP contribution in [0, 0.1) is 0 Å². The number of nitrogens with two attached hydrogens (primary N) is 1. The second-order valence-corrected chi connectivity index (χ2v) is 3.80. The van der Waals surface area contributed by atoms with E-state index in [4.69, 9.17) is 10.8 Å². The highest BCUT2D eigenvalue weighted by molar-refractivity contribution is 6.06. The summed E-state index contributed by atoms with van der Waals surface area (Å²) in [5, 5.41) is 11.4. The minimum atomic E-state index is -1.07. The lowest BCUT2D eigenvalue weighted by Crippen LogP contribution is -2.13. The maximum atomic E-state index is 11.9. The van der Waals surface area contributed by atoms with E-state index >= 15 is 0 Å². The Morgan fingerprint density at radius 3 is 2.37 bits per heavy atom. The van der Waals surface area contributed by atoms with Crippen molar-refractivity contribution < 1.29 is 14.7 Å². The standard InChI is InChI=1S/C13H11N3O3/c14-10-7-9(13(18)19)1-2-11(10)16-12(17)8-3-5-15-6-4-8/h1-7H,14H2,(H,16,17)(H,18,19). The number of carboxylic acid groups (broad SMARTS) is 1. The van der Waals surface area contributed by atoms with Crippen LogP contribution < -0.4 is 11.1 Å². The summed E-state index contributed by atoms with van der Waals surface area (Å²) < 4.78 is 0. The van der Waals surface area contributed by atoms with Crippen LogP contribution in [-0.2, 0) is 0 Å². The third kappa shape index (κ3) is 2.86. The van der Waals surface area contributed by atoms with Gasteiger partial charge >= 0.3 is 5.97 Å².